The minimum atomic E-state index is -5.18. The summed E-state index contributed by atoms with van der Waals surface area (Å²) >= 11 is 0. The Morgan fingerprint density at radius 2 is 0.891 bits per heavy atom. The average Bonchev–Trinajstić information content (AvgIpc) is 3.14. The number of hydrogen-bond donors (Lipinski definition) is 4. The van der Waals surface area contributed by atoms with E-state index in [9.17, 15) is 33.8 Å². The predicted molar refractivity (Wildman–Crippen MR) is 216 cm³/mol. The lowest BCUT2D eigenvalue weighted by Crippen LogP contribution is -2.66. The van der Waals surface area contributed by atoms with Crippen LogP contribution in [-0.2, 0) is 37.7 Å². The third-order valence-electron chi connectivity index (χ3n) is 10.4. The van der Waals surface area contributed by atoms with Gasteiger partial charge in [0, 0.05) is 19.3 Å². The number of phosphoric ester groups is 1. The van der Waals surface area contributed by atoms with Crippen LogP contribution in [-0.4, -0.2) is 70.0 Å². The van der Waals surface area contributed by atoms with E-state index in [0.29, 0.717) is 19.3 Å². The van der Waals surface area contributed by atoms with Gasteiger partial charge in [0.15, 0.2) is 18.5 Å². The maximum absolute atomic E-state index is 13.3. The molecule has 0 aromatic carbocycles. The van der Waals surface area contributed by atoms with Gasteiger partial charge in [0.1, 0.15) is 12.1 Å². The third-order valence-corrected chi connectivity index (χ3v) is 10.9. The highest BCUT2D eigenvalue weighted by molar-refractivity contribution is 7.46. The molecule has 1 aliphatic heterocycles. The van der Waals surface area contributed by atoms with Crippen LogP contribution < -0.4 is 5.32 Å². The fourth-order valence-electron chi connectivity index (χ4n) is 7.15. The van der Waals surface area contributed by atoms with E-state index in [-0.39, 0.29) is 19.3 Å². The quantitative estimate of drug-likeness (QED) is 0.0269. The highest BCUT2D eigenvalue weighted by Crippen LogP contribution is 2.41. The summed E-state index contributed by atoms with van der Waals surface area (Å²) in [4.78, 5) is 59.3. The average molecular weight is 806 g/mol. The van der Waals surface area contributed by atoms with Gasteiger partial charge in [-0.2, -0.15) is 0 Å². The molecular weight excluding hydrogens is 725 g/mol. The number of esters is 2. The van der Waals surface area contributed by atoms with E-state index >= 15 is 0 Å². The van der Waals surface area contributed by atoms with Crippen molar-refractivity contribution in [2.45, 2.75) is 244 Å². The number of unbranched alkanes of at least 4 members (excludes halogenated alkanes) is 24. The summed E-state index contributed by atoms with van der Waals surface area (Å²) in [7, 11) is -5.18. The van der Waals surface area contributed by atoms with Crippen LogP contribution in [0.3, 0.4) is 0 Å². The fraction of sp³-hybridized carbons (Fsp3) is 0.929. The highest BCUT2D eigenvalue weighted by Gasteiger charge is 2.52. The van der Waals surface area contributed by atoms with E-state index in [0.717, 1.165) is 77.0 Å². The minimum Gasteiger partial charge on any atom is -0.456 e. The molecule has 1 fully saturated rings. The summed E-state index contributed by atoms with van der Waals surface area (Å²) in [6.45, 7) is 5.85. The maximum Gasteiger partial charge on any atom is 0.472 e. The summed E-state index contributed by atoms with van der Waals surface area (Å²) in [6, 6.07) is -1.42. The summed E-state index contributed by atoms with van der Waals surface area (Å²) in [5.74, 6) is -1.64. The lowest BCUT2D eigenvalue weighted by molar-refractivity contribution is -0.259. The first-order valence-corrected chi connectivity index (χ1v) is 23.8. The Balaban J connectivity index is 3.00. The largest absolute Gasteiger partial charge is 0.472 e. The molecule has 13 heteroatoms. The first-order valence-electron chi connectivity index (χ1n) is 22.2. The van der Waals surface area contributed by atoms with Gasteiger partial charge in [-0.25, -0.2) is 4.57 Å². The zero-order chi connectivity index (χ0) is 40.6. The molecule has 4 N–H and O–H groups in total. The Labute approximate surface area is 333 Å². The molecule has 12 nitrogen and oxygen atoms in total. The second-order valence-corrected chi connectivity index (χ2v) is 16.8. The van der Waals surface area contributed by atoms with Crippen LogP contribution in [0.2, 0.25) is 0 Å². The molecule has 0 aromatic rings. The SMILES string of the molecule is CCCCCCCCCCCC(=O)NC1C(OP(=O)(O)O)OC(CO)C(OC(=O)CCCCCCCCCCC)C1OC(=O)CCCCCCCCCCC. The van der Waals surface area contributed by atoms with Crippen molar-refractivity contribution in [3.63, 3.8) is 0 Å². The monoisotopic (exact) mass is 806 g/mol. The van der Waals surface area contributed by atoms with Gasteiger partial charge < -0.3 is 34.4 Å². The second-order valence-electron chi connectivity index (χ2n) is 15.6. The van der Waals surface area contributed by atoms with Gasteiger partial charge in [0.05, 0.1) is 6.61 Å². The number of phosphoric acid groups is 1. The summed E-state index contributed by atoms with van der Waals surface area (Å²) in [6.07, 6.45) is 23.1. The molecule has 0 radical (unpaired) electrons. The lowest BCUT2D eigenvalue weighted by atomic mass is 9.95. The minimum absolute atomic E-state index is 0.0687. The van der Waals surface area contributed by atoms with Crippen molar-refractivity contribution >= 4 is 25.7 Å². The first kappa shape index (κ1) is 51.5. The molecule has 5 atom stereocenters. The van der Waals surface area contributed by atoms with Crippen LogP contribution in [0.1, 0.15) is 213 Å². The molecule has 1 saturated heterocycles. The zero-order valence-corrected chi connectivity index (χ0v) is 35.8. The van der Waals surface area contributed by atoms with Gasteiger partial charge >= 0.3 is 19.8 Å². The number of aliphatic hydroxyl groups is 1. The van der Waals surface area contributed by atoms with Gasteiger partial charge in [-0.15, -0.1) is 0 Å². The Hall–Kier alpha value is -1.56. The molecule has 324 valence electrons. The number of hydrogen-bond acceptors (Lipinski definition) is 9. The van der Waals surface area contributed by atoms with Crippen LogP contribution in [0, 0.1) is 0 Å². The molecule has 0 aliphatic carbocycles. The van der Waals surface area contributed by atoms with Crippen molar-refractivity contribution in [1.82, 2.24) is 5.32 Å². The van der Waals surface area contributed by atoms with Crippen molar-refractivity contribution in [2.75, 3.05) is 6.61 Å². The predicted octanol–water partition coefficient (Wildman–Crippen LogP) is 9.88. The van der Waals surface area contributed by atoms with Crippen LogP contribution in [0.4, 0.5) is 0 Å². The van der Waals surface area contributed by atoms with E-state index < -0.39 is 62.9 Å². The molecule has 1 heterocycles. The molecule has 0 saturated carbocycles. The Morgan fingerprint density at radius 3 is 1.25 bits per heavy atom. The number of aliphatic hydroxyl groups excluding tert-OH is 1. The topological polar surface area (TPSA) is 178 Å². The smallest absolute Gasteiger partial charge is 0.456 e. The summed E-state index contributed by atoms with van der Waals surface area (Å²) < 4.78 is 34.5. The van der Waals surface area contributed by atoms with Crippen molar-refractivity contribution in [3.05, 3.63) is 0 Å². The fourth-order valence-corrected chi connectivity index (χ4v) is 7.60. The second kappa shape index (κ2) is 33.4. The number of rotatable bonds is 36. The Morgan fingerprint density at radius 1 is 0.545 bits per heavy atom. The molecule has 0 aromatic heterocycles. The van der Waals surface area contributed by atoms with E-state index in [1.54, 1.807) is 0 Å². The Bertz CT molecular complexity index is 1030. The maximum atomic E-state index is 13.3. The summed E-state index contributed by atoms with van der Waals surface area (Å²) in [5.41, 5.74) is 0. The highest BCUT2D eigenvalue weighted by atomic mass is 31.2. The van der Waals surface area contributed by atoms with Gasteiger partial charge in [-0.1, -0.05) is 175 Å². The zero-order valence-electron chi connectivity index (χ0n) is 34.9. The third kappa shape index (κ3) is 26.9. The molecule has 1 aliphatic rings. The van der Waals surface area contributed by atoms with E-state index in [1.165, 1.54) is 77.0 Å². The van der Waals surface area contributed by atoms with Gasteiger partial charge in [-0.05, 0) is 19.3 Å². The van der Waals surface area contributed by atoms with Crippen molar-refractivity contribution in [1.29, 1.82) is 0 Å². The van der Waals surface area contributed by atoms with Crippen molar-refractivity contribution in [2.24, 2.45) is 0 Å². The number of nitrogens with one attached hydrogen (secondary N) is 1. The molecule has 0 bridgehead atoms. The molecule has 1 rings (SSSR count). The Kier molecular flexibility index (Phi) is 31.3. The lowest BCUT2D eigenvalue weighted by Gasteiger charge is -2.44. The van der Waals surface area contributed by atoms with Crippen molar-refractivity contribution < 1.29 is 52.6 Å². The number of ether oxygens (including phenoxy) is 3. The normalized spacial score (nSPS) is 20.0. The van der Waals surface area contributed by atoms with E-state index in [4.69, 9.17) is 18.7 Å². The standard InChI is InChI=1S/C42H80NO11P/c1-4-7-10-13-16-19-22-25-28-31-36(45)43-39-41(53-38(47)33-30-27-24-21-18-15-12-9-6-3)40(35(34-44)51-42(39)54-55(48,49)50)52-37(46)32-29-26-23-20-17-14-11-8-5-2/h35,39-42,44H,4-34H2,1-3H3,(H,43,45)(H2,48,49,50). The van der Waals surface area contributed by atoms with Gasteiger partial charge in [-0.3, -0.25) is 18.9 Å². The molecule has 1 amide bonds. The first-order chi connectivity index (χ1) is 26.6. The van der Waals surface area contributed by atoms with Crippen molar-refractivity contribution in [3.8, 4) is 0 Å². The summed E-state index contributed by atoms with van der Waals surface area (Å²) in [5, 5.41) is 13.0. The molecule has 0 spiro atoms. The van der Waals surface area contributed by atoms with Crippen LogP contribution >= 0.6 is 7.82 Å². The molecule has 55 heavy (non-hydrogen) atoms. The van der Waals surface area contributed by atoms with Crippen LogP contribution in [0.15, 0.2) is 0 Å². The van der Waals surface area contributed by atoms with E-state index in [1.807, 2.05) is 0 Å². The van der Waals surface area contributed by atoms with E-state index in [2.05, 4.69) is 26.1 Å². The van der Waals surface area contributed by atoms with Crippen LogP contribution in [0.25, 0.3) is 0 Å². The number of carbonyl (C=O) groups excluding carboxylic acids is 3. The number of amides is 1. The van der Waals surface area contributed by atoms with Crippen LogP contribution in [0.5, 0.6) is 0 Å². The number of carbonyl (C=O) groups is 3. The molecular formula is C42H80NO11P. The molecule has 5 unspecified atom stereocenters. The van der Waals surface area contributed by atoms with Gasteiger partial charge in [0.25, 0.3) is 0 Å². The van der Waals surface area contributed by atoms with Gasteiger partial charge in [0.2, 0.25) is 5.91 Å².